The van der Waals surface area contributed by atoms with Crippen LogP contribution < -0.4 is 9.46 Å². The van der Waals surface area contributed by atoms with Crippen LogP contribution in [0.5, 0.6) is 11.6 Å². The Morgan fingerprint density at radius 2 is 1.70 bits per heavy atom. The molecule has 0 fully saturated rings. The zero-order valence-electron chi connectivity index (χ0n) is 13.6. The van der Waals surface area contributed by atoms with Crippen molar-refractivity contribution in [2.45, 2.75) is 4.90 Å². The van der Waals surface area contributed by atoms with Crippen LogP contribution in [0.4, 0.5) is 5.69 Å². The van der Waals surface area contributed by atoms with Crippen LogP contribution in [0.2, 0.25) is 20.2 Å². The van der Waals surface area contributed by atoms with Crippen LogP contribution in [-0.2, 0) is 17.1 Å². The fourth-order valence-electron chi connectivity index (χ4n) is 2.14. The highest BCUT2D eigenvalue weighted by atomic mass is 35.5. The van der Waals surface area contributed by atoms with E-state index in [0.29, 0.717) is 10.8 Å². The van der Waals surface area contributed by atoms with Gasteiger partial charge >= 0.3 is 0 Å². The minimum absolute atomic E-state index is 0.0232. The third-order valence-corrected chi connectivity index (χ3v) is 6.06. The molecule has 3 rings (SSSR count). The summed E-state index contributed by atoms with van der Waals surface area (Å²) in [6.45, 7) is 0. The molecule has 0 aliphatic heterocycles. The molecule has 0 aliphatic carbocycles. The summed E-state index contributed by atoms with van der Waals surface area (Å²) >= 11 is 23.7. The molecule has 0 bridgehead atoms. The number of ether oxygens (including phenoxy) is 1. The third kappa shape index (κ3) is 4.44. The molecule has 0 aliphatic rings. The van der Waals surface area contributed by atoms with Crippen molar-refractivity contribution in [1.82, 2.24) is 9.78 Å². The second-order valence-electron chi connectivity index (χ2n) is 5.34. The van der Waals surface area contributed by atoms with Gasteiger partial charge in [0.2, 0.25) is 5.88 Å². The van der Waals surface area contributed by atoms with E-state index in [1.807, 2.05) is 0 Å². The number of nitrogens with one attached hydrogen (secondary N) is 1. The topological polar surface area (TPSA) is 73.2 Å². The smallest absolute Gasteiger partial charge is 0.261 e. The number of aryl methyl sites for hydroxylation is 1. The Morgan fingerprint density at radius 3 is 2.26 bits per heavy atom. The number of sulfonamides is 1. The van der Waals surface area contributed by atoms with Crippen molar-refractivity contribution in [2.75, 3.05) is 4.72 Å². The maximum absolute atomic E-state index is 12.5. The minimum Gasteiger partial charge on any atom is -0.438 e. The Hall–Kier alpha value is -1.64. The van der Waals surface area contributed by atoms with Crippen molar-refractivity contribution in [3.8, 4) is 11.6 Å². The predicted octanol–water partition coefficient (Wildman–Crippen LogP) is 5.63. The standard InChI is InChI=1S/C16H11Cl4N3O3S/c1-23-16(14(19)15(20)21-23)26-10-3-5-11(6-4-10)27(24,25)22-13-7-2-9(17)8-12(13)18/h2-8,22H,1H3. The molecule has 0 radical (unpaired) electrons. The Kier molecular flexibility index (Phi) is 5.79. The molecule has 11 heteroatoms. The van der Waals surface area contributed by atoms with Crippen molar-refractivity contribution in [1.29, 1.82) is 0 Å². The van der Waals surface area contributed by atoms with E-state index in [9.17, 15) is 8.42 Å². The molecule has 0 atom stereocenters. The fraction of sp³-hybridized carbons (Fsp3) is 0.0625. The van der Waals surface area contributed by atoms with E-state index >= 15 is 0 Å². The summed E-state index contributed by atoms with van der Waals surface area (Å²) in [5, 5.41) is 4.78. The van der Waals surface area contributed by atoms with E-state index in [2.05, 4.69) is 9.82 Å². The first kappa shape index (κ1) is 20.1. The van der Waals surface area contributed by atoms with Crippen molar-refractivity contribution < 1.29 is 13.2 Å². The molecule has 0 saturated carbocycles. The van der Waals surface area contributed by atoms with Gasteiger partial charge in [-0.05, 0) is 42.5 Å². The number of hydrogen-bond donors (Lipinski definition) is 1. The molecule has 3 aromatic rings. The number of hydrogen-bond acceptors (Lipinski definition) is 4. The molecular weight excluding hydrogens is 456 g/mol. The summed E-state index contributed by atoms with van der Waals surface area (Å²) in [5.74, 6) is 0.600. The lowest BCUT2D eigenvalue weighted by atomic mass is 10.3. The van der Waals surface area contributed by atoms with Crippen molar-refractivity contribution >= 4 is 62.1 Å². The summed E-state index contributed by atoms with van der Waals surface area (Å²) in [5.41, 5.74) is 0.220. The third-order valence-electron chi connectivity index (χ3n) is 3.42. The van der Waals surface area contributed by atoms with Crippen LogP contribution in [0.3, 0.4) is 0 Å². The molecule has 6 nitrogen and oxygen atoms in total. The number of anilines is 1. The van der Waals surface area contributed by atoms with Crippen LogP contribution in [0.15, 0.2) is 47.4 Å². The Bertz CT molecular complexity index is 1100. The van der Waals surface area contributed by atoms with Crippen LogP contribution in [0, 0.1) is 0 Å². The van der Waals surface area contributed by atoms with E-state index in [0.717, 1.165) is 0 Å². The highest BCUT2D eigenvalue weighted by Crippen LogP contribution is 2.34. The van der Waals surface area contributed by atoms with Crippen LogP contribution in [0.25, 0.3) is 0 Å². The maximum atomic E-state index is 12.5. The van der Waals surface area contributed by atoms with Crippen molar-refractivity contribution in [3.05, 3.63) is 62.7 Å². The molecule has 27 heavy (non-hydrogen) atoms. The highest BCUT2D eigenvalue weighted by Gasteiger charge is 2.18. The van der Waals surface area contributed by atoms with Crippen LogP contribution in [-0.4, -0.2) is 18.2 Å². The molecule has 0 spiro atoms. The average Bonchev–Trinajstić information content (AvgIpc) is 2.84. The van der Waals surface area contributed by atoms with Gasteiger partial charge in [0.1, 0.15) is 10.8 Å². The van der Waals surface area contributed by atoms with Crippen molar-refractivity contribution in [3.63, 3.8) is 0 Å². The number of rotatable bonds is 5. The molecular formula is C16H11Cl4N3O3S. The summed E-state index contributed by atoms with van der Waals surface area (Å²) in [4.78, 5) is 0.0232. The molecule has 0 unspecified atom stereocenters. The van der Waals surface area contributed by atoms with Crippen LogP contribution in [0.1, 0.15) is 0 Å². The van der Waals surface area contributed by atoms with Gasteiger partial charge in [0.25, 0.3) is 10.0 Å². The molecule has 1 N–H and O–H groups in total. The largest absolute Gasteiger partial charge is 0.438 e. The van der Waals surface area contributed by atoms with Gasteiger partial charge < -0.3 is 4.74 Å². The van der Waals surface area contributed by atoms with Gasteiger partial charge in [-0.1, -0.05) is 46.4 Å². The lowest BCUT2D eigenvalue weighted by Gasteiger charge is -2.11. The summed E-state index contributed by atoms with van der Waals surface area (Å²) in [6, 6.07) is 10.2. The number of halogens is 4. The minimum atomic E-state index is -3.85. The molecule has 142 valence electrons. The first-order valence-corrected chi connectivity index (χ1v) is 10.3. The van der Waals surface area contributed by atoms with E-state index in [1.54, 1.807) is 7.05 Å². The molecule has 1 aromatic heterocycles. The van der Waals surface area contributed by atoms with Gasteiger partial charge in [0.15, 0.2) is 5.15 Å². The second-order valence-corrected chi connectivity index (χ2v) is 8.60. The van der Waals surface area contributed by atoms with Gasteiger partial charge in [0.05, 0.1) is 15.6 Å². The van der Waals surface area contributed by atoms with Gasteiger partial charge in [0, 0.05) is 12.1 Å². The predicted molar refractivity (Wildman–Crippen MR) is 107 cm³/mol. The van der Waals surface area contributed by atoms with Crippen LogP contribution >= 0.6 is 46.4 Å². The summed E-state index contributed by atoms with van der Waals surface area (Å²) in [7, 11) is -2.23. The van der Waals surface area contributed by atoms with Crippen molar-refractivity contribution in [2.24, 2.45) is 7.05 Å². The van der Waals surface area contributed by atoms with E-state index in [-0.39, 0.29) is 31.7 Å². The summed E-state index contributed by atoms with van der Waals surface area (Å²) in [6.07, 6.45) is 0. The molecule has 2 aromatic carbocycles. The quantitative estimate of drug-likeness (QED) is 0.529. The second kappa shape index (κ2) is 7.77. The SMILES string of the molecule is Cn1nc(Cl)c(Cl)c1Oc1ccc(S(=O)(=O)Nc2ccc(Cl)cc2Cl)cc1. The monoisotopic (exact) mass is 465 g/mol. The van der Waals surface area contributed by atoms with E-state index in [1.165, 1.54) is 47.1 Å². The lowest BCUT2D eigenvalue weighted by Crippen LogP contribution is -2.13. The first-order chi connectivity index (χ1) is 12.7. The van der Waals surface area contributed by atoms with Gasteiger partial charge in [-0.15, -0.1) is 0 Å². The number of aromatic nitrogens is 2. The van der Waals surface area contributed by atoms with E-state index in [4.69, 9.17) is 51.1 Å². The Balaban J connectivity index is 1.81. The normalized spacial score (nSPS) is 11.4. The lowest BCUT2D eigenvalue weighted by molar-refractivity contribution is 0.430. The fourth-order valence-corrected chi connectivity index (χ4v) is 4.12. The first-order valence-electron chi connectivity index (χ1n) is 7.31. The van der Waals surface area contributed by atoms with Gasteiger partial charge in [-0.25, -0.2) is 13.1 Å². The summed E-state index contributed by atoms with van der Waals surface area (Å²) < 4.78 is 34.4. The highest BCUT2D eigenvalue weighted by molar-refractivity contribution is 7.92. The average molecular weight is 467 g/mol. The zero-order chi connectivity index (χ0) is 19.8. The molecule has 1 heterocycles. The van der Waals surface area contributed by atoms with Gasteiger partial charge in [-0.3, -0.25) is 4.72 Å². The maximum Gasteiger partial charge on any atom is 0.261 e. The molecule has 0 saturated heterocycles. The molecule has 0 amide bonds. The number of benzene rings is 2. The Morgan fingerprint density at radius 1 is 1.04 bits per heavy atom. The Labute approximate surface area is 175 Å². The van der Waals surface area contributed by atoms with E-state index < -0.39 is 10.0 Å². The zero-order valence-corrected chi connectivity index (χ0v) is 17.4. The van der Waals surface area contributed by atoms with Gasteiger partial charge in [-0.2, -0.15) is 5.10 Å². The number of nitrogens with zero attached hydrogens (tertiary/aromatic N) is 2.